The summed E-state index contributed by atoms with van der Waals surface area (Å²) in [5.41, 5.74) is 3.75. The molecule has 0 saturated carbocycles. The molecule has 0 N–H and O–H groups in total. The molecule has 0 heterocycles. The Hall–Kier alpha value is -4.19. The summed E-state index contributed by atoms with van der Waals surface area (Å²) < 4.78 is 15.9. The molecule has 0 spiro atoms. The molecule has 0 unspecified atom stereocenters. The Balaban J connectivity index is 1.58. The summed E-state index contributed by atoms with van der Waals surface area (Å²) in [7, 11) is 0. The molecule has 180 valence electrons. The molecule has 3 rings (SSSR count). The minimum absolute atomic E-state index is 0.237. The lowest BCUT2D eigenvalue weighted by Crippen LogP contribution is -2.09. The first-order valence-electron chi connectivity index (χ1n) is 11.5. The highest BCUT2D eigenvalue weighted by atomic mass is 16.5. The molecule has 6 heteroatoms. The van der Waals surface area contributed by atoms with E-state index in [0.29, 0.717) is 29.9 Å². The molecule has 0 amide bonds. The van der Waals surface area contributed by atoms with Gasteiger partial charge in [-0.25, -0.2) is 9.59 Å². The number of aryl methyl sites for hydroxylation is 1. The summed E-state index contributed by atoms with van der Waals surface area (Å²) in [4.78, 5) is 35.3. The zero-order valence-electron chi connectivity index (χ0n) is 19.7. The summed E-state index contributed by atoms with van der Waals surface area (Å²) in [6, 6.07) is 19.7. The highest BCUT2D eigenvalue weighted by Gasteiger charge is 2.12. The lowest BCUT2D eigenvalue weighted by Gasteiger charge is -2.10. The molecule has 0 bridgehead atoms. The molecule has 0 aliphatic rings. The normalized spacial score (nSPS) is 10.3. The Morgan fingerprint density at radius 1 is 0.914 bits per heavy atom. The van der Waals surface area contributed by atoms with Crippen LogP contribution in [-0.2, 0) is 16.0 Å². The maximum absolute atomic E-state index is 12.6. The van der Waals surface area contributed by atoms with Gasteiger partial charge in [0.1, 0.15) is 11.5 Å². The molecule has 0 aromatic heterocycles. The minimum Gasteiger partial charge on any atom is -0.493 e. The third-order valence-corrected chi connectivity index (χ3v) is 5.22. The molecule has 3 aromatic carbocycles. The van der Waals surface area contributed by atoms with E-state index in [-0.39, 0.29) is 12.4 Å². The predicted octanol–water partition coefficient (Wildman–Crippen LogP) is 5.84. The molecule has 0 radical (unpaired) electrons. The van der Waals surface area contributed by atoms with Crippen LogP contribution in [0.5, 0.6) is 11.5 Å². The fraction of sp³-hybridized carbons (Fsp3) is 0.207. The number of carbonyl (C=O) groups excluding carboxylic acids is 3. The molecular formula is C29H28O6. The Morgan fingerprint density at radius 3 is 2.29 bits per heavy atom. The van der Waals surface area contributed by atoms with Gasteiger partial charge in [-0.1, -0.05) is 44.2 Å². The van der Waals surface area contributed by atoms with Crippen molar-refractivity contribution >= 4 is 18.2 Å². The summed E-state index contributed by atoms with van der Waals surface area (Å²) >= 11 is 0. The van der Waals surface area contributed by atoms with Gasteiger partial charge in [-0.2, -0.15) is 0 Å². The molecule has 6 nitrogen and oxygen atoms in total. The number of ether oxygens (including phenoxy) is 3. The van der Waals surface area contributed by atoms with Crippen LogP contribution in [0, 0.1) is 0 Å². The van der Waals surface area contributed by atoms with E-state index in [0.717, 1.165) is 36.3 Å². The maximum atomic E-state index is 12.6. The van der Waals surface area contributed by atoms with Gasteiger partial charge in [0.05, 0.1) is 18.8 Å². The van der Waals surface area contributed by atoms with Crippen LogP contribution in [0.4, 0.5) is 0 Å². The van der Waals surface area contributed by atoms with Crippen LogP contribution in [0.2, 0.25) is 0 Å². The van der Waals surface area contributed by atoms with Crippen molar-refractivity contribution in [1.82, 2.24) is 0 Å². The molecule has 3 aromatic rings. The van der Waals surface area contributed by atoms with Crippen LogP contribution in [0.25, 0.3) is 11.1 Å². The molecule has 0 fully saturated rings. The van der Waals surface area contributed by atoms with Gasteiger partial charge in [0.25, 0.3) is 0 Å². The second kappa shape index (κ2) is 12.9. The fourth-order valence-corrected chi connectivity index (χ4v) is 3.44. The van der Waals surface area contributed by atoms with E-state index in [1.807, 2.05) is 12.1 Å². The molecule has 0 atom stereocenters. The number of hydrogen-bond donors (Lipinski definition) is 0. The Kier molecular flexibility index (Phi) is 9.37. The van der Waals surface area contributed by atoms with Crippen LogP contribution in [0.1, 0.15) is 46.0 Å². The predicted molar refractivity (Wildman–Crippen MR) is 134 cm³/mol. The van der Waals surface area contributed by atoms with Crippen LogP contribution in [-0.4, -0.2) is 31.4 Å². The second-order valence-electron chi connectivity index (χ2n) is 7.80. The van der Waals surface area contributed by atoms with Crippen LogP contribution < -0.4 is 9.47 Å². The SMILES string of the molecule is C=CC(=O)OCCCOc1ccc(C(=O)Oc2ccc(-c3ccc(CCC)cc3)c(C=O)c2)cc1. The van der Waals surface area contributed by atoms with Crippen molar-refractivity contribution in [2.75, 3.05) is 13.2 Å². The van der Waals surface area contributed by atoms with Crippen molar-refractivity contribution in [3.8, 4) is 22.6 Å². The molecular weight excluding hydrogens is 444 g/mol. The van der Waals surface area contributed by atoms with Crippen molar-refractivity contribution < 1.29 is 28.6 Å². The highest BCUT2D eigenvalue weighted by Crippen LogP contribution is 2.27. The van der Waals surface area contributed by atoms with Crippen molar-refractivity contribution in [2.24, 2.45) is 0 Å². The second-order valence-corrected chi connectivity index (χ2v) is 7.80. The van der Waals surface area contributed by atoms with E-state index in [1.54, 1.807) is 42.5 Å². The van der Waals surface area contributed by atoms with E-state index >= 15 is 0 Å². The van der Waals surface area contributed by atoms with Crippen molar-refractivity contribution in [1.29, 1.82) is 0 Å². The first-order chi connectivity index (χ1) is 17.0. The molecule has 0 saturated heterocycles. The highest BCUT2D eigenvalue weighted by molar-refractivity contribution is 5.92. The van der Waals surface area contributed by atoms with Gasteiger partial charge < -0.3 is 14.2 Å². The van der Waals surface area contributed by atoms with E-state index in [4.69, 9.17) is 14.2 Å². The first kappa shape index (κ1) is 25.4. The van der Waals surface area contributed by atoms with Gasteiger partial charge >= 0.3 is 11.9 Å². The zero-order chi connectivity index (χ0) is 25.0. The number of benzene rings is 3. The van der Waals surface area contributed by atoms with Gasteiger partial charge in [-0.05, 0) is 65.6 Å². The average molecular weight is 473 g/mol. The fourth-order valence-electron chi connectivity index (χ4n) is 3.44. The van der Waals surface area contributed by atoms with Gasteiger partial charge in [-0.15, -0.1) is 0 Å². The van der Waals surface area contributed by atoms with Crippen LogP contribution >= 0.6 is 0 Å². The zero-order valence-corrected chi connectivity index (χ0v) is 19.7. The number of carbonyl (C=O) groups is 3. The summed E-state index contributed by atoms with van der Waals surface area (Å²) in [6.07, 6.45) is 4.48. The lowest BCUT2D eigenvalue weighted by molar-refractivity contribution is -0.137. The van der Waals surface area contributed by atoms with E-state index < -0.39 is 11.9 Å². The quantitative estimate of drug-likeness (QED) is 0.108. The van der Waals surface area contributed by atoms with Crippen molar-refractivity contribution in [2.45, 2.75) is 26.2 Å². The minimum atomic E-state index is -0.540. The molecule has 0 aliphatic heterocycles. The summed E-state index contributed by atoms with van der Waals surface area (Å²) in [5.74, 6) is -0.141. The lowest BCUT2D eigenvalue weighted by atomic mass is 9.98. The first-order valence-corrected chi connectivity index (χ1v) is 11.5. The van der Waals surface area contributed by atoms with Crippen LogP contribution in [0.3, 0.4) is 0 Å². The van der Waals surface area contributed by atoms with Gasteiger partial charge in [-0.3, -0.25) is 4.79 Å². The van der Waals surface area contributed by atoms with Crippen LogP contribution in [0.15, 0.2) is 79.4 Å². The molecule has 0 aliphatic carbocycles. The largest absolute Gasteiger partial charge is 0.493 e. The Morgan fingerprint density at radius 2 is 1.63 bits per heavy atom. The molecule has 35 heavy (non-hydrogen) atoms. The average Bonchev–Trinajstić information content (AvgIpc) is 2.89. The van der Waals surface area contributed by atoms with E-state index in [2.05, 4.69) is 25.6 Å². The van der Waals surface area contributed by atoms with Gasteiger partial charge in [0.2, 0.25) is 0 Å². The van der Waals surface area contributed by atoms with Crippen molar-refractivity contribution in [3.05, 3.63) is 96.1 Å². The number of aldehydes is 1. The third kappa shape index (κ3) is 7.40. The third-order valence-electron chi connectivity index (χ3n) is 5.22. The summed E-state index contributed by atoms with van der Waals surface area (Å²) in [5, 5.41) is 0. The number of hydrogen-bond acceptors (Lipinski definition) is 6. The topological polar surface area (TPSA) is 78.9 Å². The monoisotopic (exact) mass is 472 g/mol. The maximum Gasteiger partial charge on any atom is 0.343 e. The smallest absolute Gasteiger partial charge is 0.343 e. The van der Waals surface area contributed by atoms with E-state index in [9.17, 15) is 14.4 Å². The van der Waals surface area contributed by atoms with Gasteiger partial charge in [0, 0.05) is 18.1 Å². The number of rotatable bonds is 12. The summed E-state index contributed by atoms with van der Waals surface area (Å²) in [6.45, 7) is 6.06. The Bertz CT molecular complexity index is 1160. The van der Waals surface area contributed by atoms with Crippen molar-refractivity contribution in [3.63, 3.8) is 0 Å². The number of esters is 2. The Labute approximate surface area is 205 Å². The standard InChI is InChI=1S/C29H28O6/c1-3-6-21-7-9-22(10-8-21)27-16-15-26(19-24(27)20-30)35-29(32)23-11-13-25(14-12-23)33-17-5-18-34-28(31)4-2/h4,7-16,19-20H,2-3,5-6,17-18H2,1H3. The van der Waals surface area contributed by atoms with E-state index in [1.165, 1.54) is 5.56 Å². The van der Waals surface area contributed by atoms with Gasteiger partial charge in [0.15, 0.2) is 6.29 Å².